The van der Waals surface area contributed by atoms with Gasteiger partial charge in [0.15, 0.2) is 5.69 Å². The monoisotopic (exact) mass is 266 g/mol. The SMILES string of the molecule is CC(CO)CCCNC(=O)c1n[nH]c2c1CNCC2. The molecule has 0 saturated heterocycles. The van der Waals surface area contributed by atoms with Crippen LogP contribution in [0.5, 0.6) is 0 Å². The molecule has 0 aliphatic carbocycles. The predicted octanol–water partition coefficient (Wildman–Crippen LogP) is 0.194. The first kappa shape index (κ1) is 14.0. The van der Waals surface area contributed by atoms with E-state index in [1.165, 1.54) is 0 Å². The largest absolute Gasteiger partial charge is 0.396 e. The highest BCUT2D eigenvalue weighted by Crippen LogP contribution is 2.15. The molecule has 1 atom stereocenters. The Hall–Kier alpha value is -1.40. The Labute approximate surface area is 113 Å². The number of aliphatic hydroxyl groups is 1. The summed E-state index contributed by atoms with van der Waals surface area (Å²) in [6, 6.07) is 0. The molecule has 1 aromatic rings. The molecule has 0 spiro atoms. The van der Waals surface area contributed by atoms with Crippen LogP contribution < -0.4 is 10.6 Å². The van der Waals surface area contributed by atoms with Gasteiger partial charge in [-0.2, -0.15) is 5.10 Å². The van der Waals surface area contributed by atoms with Gasteiger partial charge in [-0.1, -0.05) is 6.92 Å². The number of nitrogens with zero attached hydrogens (tertiary/aromatic N) is 1. The number of carbonyl (C=O) groups excluding carboxylic acids is 1. The Balaban J connectivity index is 1.82. The molecule has 0 saturated carbocycles. The standard InChI is InChI=1S/C13H22N4O2/c1-9(8-18)3-2-5-15-13(19)12-10-7-14-6-4-11(10)16-17-12/h9,14,18H,2-8H2,1H3,(H,15,19)(H,16,17). The van der Waals surface area contributed by atoms with Crippen LogP contribution >= 0.6 is 0 Å². The zero-order valence-electron chi connectivity index (χ0n) is 11.3. The average Bonchev–Trinajstić information content (AvgIpc) is 2.87. The van der Waals surface area contributed by atoms with Gasteiger partial charge in [0.2, 0.25) is 0 Å². The molecule has 1 amide bonds. The summed E-state index contributed by atoms with van der Waals surface area (Å²) in [6.45, 7) is 4.45. The normalized spacial score (nSPS) is 15.9. The van der Waals surface area contributed by atoms with Crippen LogP contribution in [0.2, 0.25) is 0 Å². The van der Waals surface area contributed by atoms with Gasteiger partial charge in [-0.25, -0.2) is 0 Å². The Morgan fingerprint density at radius 2 is 2.42 bits per heavy atom. The molecule has 2 heterocycles. The number of fused-ring (bicyclic) bond motifs is 1. The predicted molar refractivity (Wildman–Crippen MR) is 71.8 cm³/mol. The summed E-state index contributed by atoms with van der Waals surface area (Å²) in [5.74, 6) is 0.178. The minimum Gasteiger partial charge on any atom is -0.396 e. The summed E-state index contributed by atoms with van der Waals surface area (Å²) in [4.78, 5) is 12.0. The fourth-order valence-corrected chi connectivity index (χ4v) is 2.24. The van der Waals surface area contributed by atoms with Crippen LogP contribution in [0.1, 0.15) is 41.5 Å². The first-order valence-corrected chi connectivity index (χ1v) is 6.88. The number of hydrogen-bond donors (Lipinski definition) is 4. The van der Waals surface area contributed by atoms with Gasteiger partial charge in [0.25, 0.3) is 5.91 Å². The highest BCUT2D eigenvalue weighted by Gasteiger charge is 2.20. The van der Waals surface area contributed by atoms with Gasteiger partial charge < -0.3 is 15.7 Å². The van der Waals surface area contributed by atoms with Crippen molar-refractivity contribution in [1.82, 2.24) is 20.8 Å². The lowest BCUT2D eigenvalue weighted by molar-refractivity contribution is 0.0946. The van der Waals surface area contributed by atoms with Gasteiger partial charge in [-0.3, -0.25) is 9.89 Å². The Kier molecular flexibility index (Phi) is 4.93. The van der Waals surface area contributed by atoms with Gasteiger partial charge in [0.05, 0.1) is 0 Å². The van der Waals surface area contributed by atoms with Crippen molar-refractivity contribution in [3.05, 3.63) is 17.0 Å². The fraction of sp³-hybridized carbons (Fsp3) is 0.692. The molecule has 4 N–H and O–H groups in total. The third kappa shape index (κ3) is 3.54. The lowest BCUT2D eigenvalue weighted by atomic mass is 10.1. The Morgan fingerprint density at radius 3 is 3.21 bits per heavy atom. The number of carbonyl (C=O) groups is 1. The zero-order valence-corrected chi connectivity index (χ0v) is 11.3. The van der Waals surface area contributed by atoms with Crippen molar-refractivity contribution < 1.29 is 9.90 Å². The van der Waals surface area contributed by atoms with Crippen LogP contribution in [0.15, 0.2) is 0 Å². The number of rotatable bonds is 6. The molecule has 0 radical (unpaired) electrons. The van der Waals surface area contributed by atoms with Crippen LogP contribution in [0.3, 0.4) is 0 Å². The maximum absolute atomic E-state index is 12.0. The van der Waals surface area contributed by atoms with Crippen LogP contribution in [0.25, 0.3) is 0 Å². The maximum Gasteiger partial charge on any atom is 0.272 e. The molecule has 0 bridgehead atoms. The van der Waals surface area contributed by atoms with Crippen molar-refractivity contribution in [2.75, 3.05) is 19.7 Å². The van der Waals surface area contributed by atoms with Gasteiger partial charge in [-0.05, 0) is 18.8 Å². The van der Waals surface area contributed by atoms with E-state index < -0.39 is 0 Å². The molecule has 19 heavy (non-hydrogen) atoms. The van der Waals surface area contributed by atoms with E-state index in [2.05, 4.69) is 20.8 Å². The molecular weight excluding hydrogens is 244 g/mol. The lowest BCUT2D eigenvalue weighted by Crippen LogP contribution is -2.29. The number of aromatic amines is 1. The van der Waals surface area contributed by atoms with Gasteiger partial charge in [0.1, 0.15) is 0 Å². The molecule has 1 unspecified atom stereocenters. The Bertz CT molecular complexity index is 430. The second-order valence-electron chi connectivity index (χ2n) is 5.14. The van der Waals surface area contributed by atoms with Crippen LogP contribution in [0, 0.1) is 5.92 Å². The topological polar surface area (TPSA) is 90.0 Å². The van der Waals surface area contributed by atoms with Crippen molar-refractivity contribution in [2.45, 2.75) is 32.7 Å². The van der Waals surface area contributed by atoms with E-state index >= 15 is 0 Å². The summed E-state index contributed by atoms with van der Waals surface area (Å²) in [5, 5.41) is 22.1. The summed E-state index contributed by atoms with van der Waals surface area (Å²) < 4.78 is 0. The van der Waals surface area contributed by atoms with E-state index in [1.54, 1.807) is 0 Å². The molecule has 6 heteroatoms. The van der Waals surface area contributed by atoms with Gasteiger partial charge >= 0.3 is 0 Å². The number of amides is 1. The van der Waals surface area contributed by atoms with Crippen molar-refractivity contribution in [1.29, 1.82) is 0 Å². The van der Waals surface area contributed by atoms with E-state index in [0.717, 1.165) is 37.1 Å². The highest BCUT2D eigenvalue weighted by atomic mass is 16.3. The fourth-order valence-electron chi connectivity index (χ4n) is 2.24. The third-order valence-corrected chi connectivity index (χ3v) is 3.49. The van der Waals surface area contributed by atoms with Crippen molar-refractivity contribution >= 4 is 5.91 Å². The lowest BCUT2D eigenvalue weighted by Gasteiger charge is -2.13. The van der Waals surface area contributed by atoms with Gasteiger partial charge in [-0.15, -0.1) is 0 Å². The Morgan fingerprint density at radius 1 is 1.58 bits per heavy atom. The third-order valence-electron chi connectivity index (χ3n) is 3.49. The minimum atomic E-state index is -0.113. The summed E-state index contributed by atoms with van der Waals surface area (Å²) in [7, 11) is 0. The van der Waals surface area contributed by atoms with Crippen molar-refractivity contribution in [3.63, 3.8) is 0 Å². The smallest absolute Gasteiger partial charge is 0.272 e. The first-order chi connectivity index (χ1) is 9.22. The van der Waals surface area contributed by atoms with Crippen LogP contribution in [-0.4, -0.2) is 40.9 Å². The van der Waals surface area contributed by atoms with E-state index in [9.17, 15) is 4.79 Å². The van der Waals surface area contributed by atoms with E-state index in [1.807, 2.05) is 6.92 Å². The minimum absolute atomic E-state index is 0.113. The molecule has 1 aromatic heterocycles. The number of hydrogen-bond acceptors (Lipinski definition) is 4. The van der Waals surface area contributed by atoms with E-state index in [-0.39, 0.29) is 12.5 Å². The number of nitrogens with one attached hydrogen (secondary N) is 3. The molecule has 106 valence electrons. The number of aliphatic hydroxyl groups excluding tert-OH is 1. The van der Waals surface area contributed by atoms with Gasteiger partial charge in [0, 0.05) is 43.9 Å². The molecule has 1 aliphatic rings. The van der Waals surface area contributed by atoms with Crippen LogP contribution in [0.4, 0.5) is 0 Å². The van der Waals surface area contributed by atoms with Crippen LogP contribution in [-0.2, 0) is 13.0 Å². The second-order valence-corrected chi connectivity index (χ2v) is 5.14. The van der Waals surface area contributed by atoms with Crippen molar-refractivity contribution in [3.8, 4) is 0 Å². The molecule has 0 fully saturated rings. The molecule has 0 aromatic carbocycles. The average molecular weight is 266 g/mol. The summed E-state index contributed by atoms with van der Waals surface area (Å²) in [6.07, 6.45) is 2.68. The molecular formula is C13H22N4O2. The summed E-state index contributed by atoms with van der Waals surface area (Å²) >= 11 is 0. The van der Waals surface area contributed by atoms with Crippen molar-refractivity contribution in [2.24, 2.45) is 5.92 Å². The second kappa shape index (κ2) is 6.68. The summed E-state index contributed by atoms with van der Waals surface area (Å²) in [5.41, 5.74) is 2.57. The zero-order chi connectivity index (χ0) is 13.7. The van der Waals surface area contributed by atoms with E-state index in [4.69, 9.17) is 5.11 Å². The number of H-pyrrole nitrogens is 1. The molecule has 1 aliphatic heterocycles. The molecule has 6 nitrogen and oxygen atoms in total. The number of aromatic nitrogens is 2. The first-order valence-electron chi connectivity index (χ1n) is 6.88. The highest BCUT2D eigenvalue weighted by molar-refractivity contribution is 5.94. The quantitative estimate of drug-likeness (QED) is 0.553. The van der Waals surface area contributed by atoms with E-state index in [0.29, 0.717) is 24.7 Å². The molecule has 2 rings (SSSR count). The maximum atomic E-state index is 12.0.